The lowest BCUT2D eigenvalue weighted by Gasteiger charge is -2.08. The number of aromatic amines is 1. The third kappa shape index (κ3) is 2.77. The van der Waals surface area contributed by atoms with Crippen molar-refractivity contribution in [2.75, 3.05) is 0 Å². The van der Waals surface area contributed by atoms with Crippen LogP contribution in [-0.4, -0.2) is 9.97 Å². The molecule has 2 aromatic carbocycles. The fraction of sp³-hybridized carbons (Fsp3) is 0.133. The van der Waals surface area contributed by atoms with Crippen LogP contribution in [-0.2, 0) is 0 Å². The number of thioether (sulfide) groups is 1. The maximum atomic E-state index is 5.97. The van der Waals surface area contributed by atoms with Crippen LogP contribution in [0.1, 0.15) is 17.7 Å². The first kappa shape index (κ1) is 12.6. The van der Waals surface area contributed by atoms with E-state index in [0.717, 1.165) is 21.2 Å². The first-order valence-electron chi connectivity index (χ1n) is 6.09. The first-order chi connectivity index (χ1) is 9.22. The van der Waals surface area contributed by atoms with Crippen molar-refractivity contribution in [3.05, 3.63) is 59.1 Å². The summed E-state index contributed by atoms with van der Waals surface area (Å²) in [7, 11) is 0. The second-order valence-corrected chi connectivity index (χ2v) is 6.14. The summed E-state index contributed by atoms with van der Waals surface area (Å²) in [6.07, 6.45) is 0. The zero-order valence-electron chi connectivity index (χ0n) is 10.4. The first-order valence-corrected chi connectivity index (χ1v) is 7.35. The van der Waals surface area contributed by atoms with Crippen molar-refractivity contribution < 1.29 is 0 Å². The fourth-order valence-electron chi connectivity index (χ4n) is 1.97. The molecule has 0 bridgehead atoms. The second-order valence-electron chi connectivity index (χ2n) is 4.37. The Kier molecular flexibility index (Phi) is 3.49. The molecule has 0 aliphatic carbocycles. The number of H-pyrrole nitrogens is 1. The van der Waals surface area contributed by atoms with Crippen molar-refractivity contribution >= 4 is 34.4 Å². The summed E-state index contributed by atoms with van der Waals surface area (Å²) in [6.45, 7) is 2.18. The highest BCUT2D eigenvalue weighted by Crippen LogP contribution is 2.34. The van der Waals surface area contributed by atoms with E-state index in [1.54, 1.807) is 11.8 Å². The number of imidazole rings is 1. The molecule has 4 heteroatoms. The standard InChI is InChI=1S/C15H13ClN2S/c1-10(11-5-3-2-4-6-11)19-15-17-13-8-7-12(16)9-14(13)18-15/h2-10H,1H3,(H,17,18)/t10-/m0/s1. The number of rotatable bonds is 3. The minimum absolute atomic E-state index is 0.359. The molecule has 0 aliphatic rings. The Bertz CT molecular complexity index is 694. The number of fused-ring (bicyclic) bond motifs is 1. The van der Waals surface area contributed by atoms with Gasteiger partial charge in [0.25, 0.3) is 0 Å². The molecule has 0 amide bonds. The van der Waals surface area contributed by atoms with Crippen LogP contribution in [0.25, 0.3) is 11.0 Å². The minimum atomic E-state index is 0.359. The van der Waals surface area contributed by atoms with Gasteiger partial charge in [-0.3, -0.25) is 0 Å². The molecule has 1 heterocycles. The Hall–Kier alpha value is -1.45. The Morgan fingerprint density at radius 1 is 1.16 bits per heavy atom. The average Bonchev–Trinajstić information content (AvgIpc) is 2.81. The molecule has 0 radical (unpaired) electrons. The molecule has 3 rings (SSSR count). The van der Waals surface area contributed by atoms with Crippen LogP contribution in [0.5, 0.6) is 0 Å². The predicted octanol–water partition coefficient (Wildman–Crippen LogP) is 5.07. The molecular formula is C15H13ClN2S. The maximum absolute atomic E-state index is 5.97. The fourth-order valence-corrected chi connectivity index (χ4v) is 3.09. The summed E-state index contributed by atoms with van der Waals surface area (Å²) in [4.78, 5) is 7.87. The highest BCUT2D eigenvalue weighted by Gasteiger charge is 2.10. The number of halogens is 1. The van der Waals surface area contributed by atoms with Crippen LogP contribution in [0.2, 0.25) is 5.02 Å². The molecule has 0 saturated carbocycles. The molecule has 1 N–H and O–H groups in total. The summed E-state index contributed by atoms with van der Waals surface area (Å²) in [6, 6.07) is 16.1. The van der Waals surface area contributed by atoms with E-state index < -0.39 is 0 Å². The van der Waals surface area contributed by atoms with Gasteiger partial charge in [-0.05, 0) is 30.7 Å². The van der Waals surface area contributed by atoms with Gasteiger partial charge >= 0.3 is 0 Å². The third-order valence-corrected chi connectivity index (χ3v) is 4.26. The van der Waals surface area contributed by atoms with Gasteiger partial charge in [-0.15, -0.1) is 0 Å². The van der Waals surface area contributed by atoms with E-state index >= 15 is 0 Å². The van der Waals surface area contributed by atoms with Gasteiger partial charge in [0.15, 0.2) is 5.16 Å². The third-order valence-electron chi connectivity index (χ3n) is 2.98. The van der Waals surface area contributed by atoms with Crippen LogP contribution >= 0.6 is 23.4 Å². The molecule has 3 aromatic rings. The zero-order chi connectivity index (χ0) is 13.2. The summed E-state index contributed by atoms with van der Waals surface area (Å²) in [5, 5.41) is 2.01. The Morgan fingerprint density at radius 2 is 1.95 bits per heavy atom. The molecule has 0 spiro atoms. The average molecular weight is 289 g/mol. The van der Waals surface area contributed by atoms with E-state index in [1.807, 2.05) is 24.3 Å². The second kappa shape index (κ2) is 5.27. The van der Waals surface area contributed by atoms with Crippen molar-refractivity contribution in [1.82, 2.24) is 9.97 Å². The van der Waals surface area contributed by atoms with Gasteiger partial charge in [-0.1, -0.05) is 53.7 Å². The number of hydrogen-bond donors (Lipinski definition) is 1. The number of benzene rings is 2. The molecular weight excluding hydrogens is 276 g/mol. The van der Waals surface area contributed by atoms with Crippen LogP contribution in [0.4, 0.5) is 0 Å². The zero-order valence-corrected chi connectivity index (χ0v) is 12.0. The van der Waals surface area contributed by atoms with Gasteiger partial charge in [0.2, 0.25) is 0 Å². The molecule has 2 nitrogen and oxygen atoms in total. The van der Waals surface area contributed by atoms with Crippen molar-refractivity contribution in [3.8, 4) is 0 Å². The monoisotopic (exact) mass is 288 g/mol. The number of nitrogens with one attached hydrogen (secondary N) is 1. The predicted molar refractivity (Wildman–Crippen MR) is 81.8 cm³/mol. The van der Waals surface area contributed by atoms with E-state index in [9.17, 15) is 0 Å². The summed E-state index contributed by atoms with van der Waals surface area (Å²) >= 11 is 7.69. The Labute approximate surface area is 121 Å². The van der Waals surface area contributed by atoms with Crippen LogP contribution in [0.15, 0.2) is 53.7 Å². The topological polar surface area (TPSA) is 28.7 Å². The van der Waals surface area contributed by atoms with E-state index in [1.165, 1.54) is 5.56 Å². The van der Waals surface area contributed by atoms with Crippen LogP contribution < -0.4 is 0 Å². The highest BCUT2D eigenvalue weighted by atomic mass is 35.5. The lowest BCUT2D eigenvalue weighted by Crippen LogP contribution is -1.88. The summed E-state index contributed by atoms with van der Waals surface area (Å²) in [5.74, 6) is 0. The number of nitrogens with zero attached hydrogens (tertiary/aromatic N) is 1. The summed E-state index contributed by atoms with van der Waals surface area (Å²) < 4.78 is 0. The lowest BCUT2D eigenvalue weighted by atomic mass is 10.2. The van der Waals surface area contributed by atoms with Crippen molar-refractivity contribution in [2.45, 2.75) is 17.3 Å². The van der Waals surface area contributed by atoms with Gasteiger partial charge < -0.3 is 4.98 Å². The number of hydrogen-bond acceptors (Lipinski definition) is 2. The van der Waals surface area contributed by atoms with Crippen LogP contribution in [0.3, 0.4) is 0 Å². The Morgan fingerprint density at radius 3 is 2.74 bits per heavy atom. The molecule has 1 atom stereocenters. The van der Waals surface area contributed by atoms with Crippen molar-refractivity contribution in [3.63, 3.8) is 0 Å². The van der Waals surface area contributed by atoms with Gasteiger partial charge in [0, 0.05) is 10.3 Å². The molecule has 1 aromatic heterocycles. The maximum Gasteiger partial charge on any atom is 0.166 e. The smallest absolute Gasteiger partial charge is 0.166 e. The molecule has 0 aliphatic heterocycles. The molecule has 96 valence electrons. The SMILES string of the molecule is C[C@H](Sc1nc2ccc(Cl)cc2[nH]1)c1ccccc1. The molecule has 0 unspecified atom stereocenters. The number of aromatic nitrogens is 2. The van der Waals surface area contributed by atoms with Gasteiger partial charge in [0.05, 0.1) is 11.0 Å². The summed E-state index contributed by atoms with van der Waals surface area (Å²) in [5.41, 5.74) is 3.23. The van der Waals surface area contributed by atoms with Gasteiger partial charge in [-0.2, -0.15) is 0 Å². The minimum Gasteiger partial charge on any atom is -0.333 e. The molecule has 0 fully saturated rings. The quantitative estimate of drug-likeness (QED) is 0.682. The van der Waals surface area contributed by atoms with E-state index in [2.05, 4.69) is 41.2 Å². The largest absolute Gasteiger partial charge is 0.333 e. The molecule has 19 heavy (non-hydrogen) atoms. The van der Waals surface area contributed by atoms with Crippen LogP contribution in [0, 0.1) is 0 Å². The van der Waals surface area contributed by atoms with Crippen molar-refractivity contribution in [1.29, 1.82) is 0 Å². The highest BCUT2D eigenvalue weighted by molar-refractivity contribution is 7.99. The molecule has 0 saturated heterocycles. The van der Waals surface area contributed by atoms with E-state index in [-0.39, 0.29) is 0 Å². The van der Waals surface area contributed by atoms with E-state index in [0.29, 0.717) is 5.25 Å². The van der Waals surface area contributed by atoms with Gasteiger partial charge in [0.1, 0.15) is 0 Å². The van der Waals surface area contributed by atoms with Crippen molar-refractivity contribution in [2.24, 2.45) is 0 Å². The van der Waals surface area contributed by atoms with Gasteiger partial charge in [-0.25, -0.2) is 4.98 Å². The van der Waals surface area contributed by atoms with E-state index in [4.69, 9.17) is 11.6 Å². The normalized spacial score (nSPS) is 12.7. The Balaban J connectivity index is 1.85. The lowest BCUT2D eigenvalue weighted by molar-refractivity contribution is 1.03.